The SMILES string of the molecule is O=C(NCCCOCc1ccco1)c1cc([N+](=O)[O-])ccc1N1CCOCC1. The van der Waals surface area contributed by atoms with E-state index < -0.39 is 4.92 Å². The molecule has 0 radical (unpaired) electrons. The van der Waals surface area contributed by atoms with Crippen molar-refractivity contribution in [2.45, 2.75) is 13.0 Å². The first kappa shape index (κ1) is 19.8. The van der Waals surface area contributed by atoms with Crippen LogP contribution in [0.5, 0.6) is 0 Å². The van der Waals surface area contributed by atoms with E-state index in [0.29, 0.717) is 63.7 Å². The molecule has 1 fully saturated rings. The molecule has 150 valence electrons. The van der Waals surface area contributed by atoms with Crippen LogP contribution in [-0.4, -0.2) is 50.3 Å². The zero-order valence-corrected chi connectivity index (χ0v) is 15.5. The monoisotopic (exact) mass is 389 g/mol. The maximum absolute atomic E-state index is 12.7. The van der Waals surface area contributed by atoms with Crippen LogP contribution in [0.3, 0.4) is 0 Å². The molecule has 2 heterocycles. The number of anilines is 1. The van der Waals surface area contributed by atoms with Gasteiger partial charge in [0.1, 0.15) is 12.4 Å². The Bertz CT molecular complexity index is 787. The number of rotatable bonds is 9. The first-order valence-corrected chi connectivity index (χ1v) is 9.14. The summed E-state index contributed by atoms with van der Waals surface area (Å²) in [5.74, 6) is 0.409. The lowest BCUT2D eigenvalue weighted by atomic mass is 10.1. The average Bonchev–Trinajstić information content (AvgIpc) is 3.24. The molecule has 3 rings (SSSR count). The second-order valence-electron chi connectivity index (χ2n) is 6.30. The van der Waals surface area contributed by atoms with E-state index in [9.17, 15) is 14.9 Å². The molecule has 1 aliphatic rings. The molecule has 9 nitrogen and oxygen atoms in total. The Hall–Kier alpha value is -2.91. The van der Waals surface area contributed by atoms with Gasteiger partial charge >= 0.3 is 0 Å². The van der Waals surface area contributed by atoms with Crippen LogP contribution in [0.1, 0.15) is 22.5 Å². The number of non-ortho nitro benzene ring substituents is 1. The molecule has 9 heteroatoms. The van der Waals surface area contributed by atoms with Gasteiger partial charge in [0.15, 0.2) is 0 Å². The Kier molecular flexibility index (Phi) is 6.99. The van der Waals surface area contributed by atoms with E-state index in [4.69, 9.17) is 13.9 Å². The number of nitro benzene ring substituents is 1. The Morgan fingerprint density at radius 3 is 2.82 bits per heavy atom. The van der Waals surface area contributed by atoms with Gasteiger partial charge in [0.05, 0.1) is 35.7 Å². The lowest BCUT2D eigenvalue weighted by molar-refractivity contribution is -0.384. The van der Waals surface area contributed by atoms with E-state index in [1.54, 1.807) is 18.4 Å². The summed E-state index contributed by atoms with van der Waals surface area (Å²) in [6.07, 6.45) is 2.21. The number of ether oxygens (including phenoxy) is 2. The maximum atomic E-state index is 12.7. The van der Waals surface area contributed by atoms with Gasteiger partial charge in [-0.2, -0.15) is 0 Å². The Labute approximate surface area is 162 Å². The lowest BCUT2D eigenvalue weighted by Crippen LogP contribution is -2.38. The van der Waals surface area contributed by atoms with Gasteiger partial charge in [-0.3, -0.25) is 14.9 Å². The van der Waals surface area contributed by atoms with Crippen LogP contribution >= 0.6 is 0 Å². The number of carbonyl (C=O) groups is 1. The number of morpholine rings is 1. The summed E-state index contributed by atoms with van der Waals surface area (Å²) in [5, 5.41) is 13.9. The van der Waals surface area contributed by atoms with Crippen LogP contribution in [0, 0.1) is 10.1 Å². The summed E-state index contributed by atoms with van der Waals surface area (Å²) < 4.78 is 16.0. The third-order valence-corrected chi connectivity index (χ3v) is 4.36. The number of nitrogens with zero attached hydrogens (tertiary/aromatic N) is 2. The zero-order chi connectivity index (χ0) is 19.8. The Morgan fingerprint density at radius 1 is 1.29 bits per heavy atom. The topological polar surface area (TPSA) is 107 Å². The number of hydrogen-bond acceptors (Lipinski definition) is 7. The summed E-state index contributed by atoms with van der Waals surface area (Å²) in [6, 6.07) is 8.00. The molecule has 0 saturated carbocycles. The van der Waals surface area contributed by atoms with E-state index in [-0.39, 0.29) is 11.6 Å². The van der Waals surface area contributed by atoms with Crippen LogP contribution in [0.2, 0.25) is 0 Å². The van der Waals surface area contributed by atoms with Gasteiger partial charge in [0.25, 0.3) is 11.6 Å². The third kappa shape index (κ3) is 5.30. The number of hydrogen-bond donors (Lipinski definition) is 1. The van der Waals surface area contributed by atoms with Gasteiger partial charge in [0, 0.05) is 38.4 Å². The molecule has 2 aromatic rings. The average molecular weight is 389 g/mol. The second-order valence-corrected chi connectivity index (χ2v) is 6.30. The van der Waals surface area contributed by atoms with Crippen LogP contribution in [-0.2, 0) is 16.1 Å². The molecule has 1 amide bonds. The maximum Gasteiger partial charge on any atom is 0.270 e. The molecular weight excluding hydrogens is 366 g/mol. The van der Waals surface area contributed by atoms with Crippen molar-refractivity contribution < 1.29 is 23.6 Å². The van der Waals surface area contributed by atoms with Crippen molar-refractivity contribution in [3.05, 3.63) is 58.0 Å². The van der Waals surface area contributed by atoms with E-state index in [2.05, 4.69) is 5.32 Å². The standard InChI is InChI=1S/C19H23N3O6/c23-19(20-6-2-9-27-14-16-3-1-10-28-16)17-13-15(22(24)25)4-5-18(17)21-7-11-26-12-8-21/h1,3-5,10,13H,2,6-9,11-12,14H2,(H,20,23). The van der Waals surface area contributed by atoms with Crippen molar-refractivity contribution in [1.29, 1.82) is 0 Å². The first-order valence-electron chi connectivity index (χ1n) is 9.14. The normalized spacial score (nSPS) is 14.1. The molecule has 28 heavy (non-hydrogen) atoms. The molecule has 1 aliphatic heterocycles. The van der Waals surface area contributed by atoms with Crippen molar-refractivity contribution in [3.8, 4) is 0 Å². The lowest BCUT2D eigenvalue weighted by Gasteiger charge is -2.30. The van der Waals surface area contributed by atoms with Gasteiger partial charge in [-0.05, 0) is 24.6 Å². The minimum atomic E-state index is -0.498. The Balaban J connectivity index is 1.55. The van der Waals surface area contributed by atoms with Gasteiger partial charge in [0.2, 0.25) is 0 Å². The van der Waals surface area contributed by atoms with Gasteiger partial charge in [-0.15, -0.1) is 0 Å². The summed E-state index contributed by atoms with van der Waals surface area (Å²) in [4.78, 5) is 25.3. The summed E-state index contributed by atoms with van der Waals surface area (Å²) in [7, 11) is 0. The smallest absolute Gasteiger partial charge is 0.270 e. The summed E-state index contributed by atoms with van der Waals surface area (Å²) in [5.41, 5.74) is 0.872. The van der Waals surface area contributed by atoms with Gasteiger partial charge < -0.3 is 24.1 Å². The predicted octanol–water partition coefficient (Wildman–Crippen LogP) is 2.36. The van der Waals surface area contributed by atoms with E-state index in [1.807, 2.05) is 11.0 Å². The highest BCUT2D eigenvalue weighted by molar-refractivity contribution is 6.00. The number of nitrogens with one attached hydrogen (secondary N) is 1. The number of furan rings is 1. The molecule has 1 saturated heterocycles. The van der Waals surface area contributed by atoms with Crippen molar-refractivity contribution >= 4 is 17.3 Å². The van der Waals surface area contributed by atoms with Crippen LogP contribution in [0.15, 0.2) is 41.0 Å². The van der Waals surface area contributed by atoms with E-state index >= 15 is 0 Å². The molecule has 0 aliphatic carbocycles. The molecular formula is C19H23N3O6. The van der Waals surface area contributed by atoms with Crippen LogP contribution in [0.4, 0.5) is 11.4 Å². The van der Waals surface area contributed by atoms with E-state index in [0.717, 1.165) is 5.76 Å². The largest absolute Gasteiger partial charge is 0.467 e. The molecule has 1 N–H and O–H groups in total. The highest BCUT2D eigenvalue weighted by Crippen LogP contribution is 2.26. The fourth-order valence-corrected chi connectivity index (χ4v) is 2.94. The minimum Gasteiger partial charge on any atom is -0.467 e. The van der Waals surface area contributed by atoms with E-state index in [1.165, 1.54) is 12.1 Å². The van der Waals surface area contributed by atoms with Crippen molar-refractivity contribution in [3.63, 3.8) is 0 Å². The molecule has 1 aromatic heterocycles. The fraction of sp³-hybridized carbons (Fsp3) is 0.421. The fourth-order valence-electron chi connectivity index (χ4n) is 2.94. The molecule has 1 aromatic carbocycles. The summed E-state index contributed by atoms with van der Waals surface area (Å²) in [6.45, 7) is 3.65. The number of nitro groups is 1. The van der Waals surface area contributed by atoms with Crippen molar-refractivity contribution in [2.75, 3.05) is 44.4 Å². The Morgan fingerprint density at radius 2 is 2.11 bits per heavy atom. The first-order chi connectivity index (χ1) is 13.6. The second kappa shape index (κ2) is 9.86. The van der Waals surface area contributed by atoms with Crippen molar-refractivity contribution in [1.82, 2.24) is 5.32 Å². The third-order valence-electron chi connectivity index (χ3n) is 4.36. The number of amides is 1. The highest BCUT2D eigenvalue weighted by Gasteiger charge is 2.21. The van der Waals surface area contributed by atoms with Gasteiger partial charge in [-0.1, -0.05) is 0 Å². The quantitative estimate of drug-likeness (QED) is 0.398. The van der Waals surface area contributed by atoms with Crippen molar-refractivity contribution in [2.24, 2.45) is 0 Å². The van der Waals surface area contributed by atoms with Crippen LogP contribution in [0.25, 0.3) is 0 Å². The highest BCUT2D eigenvalue weighted by atomic mass is 16.6. The predicted molar refractivity (Wildman–Crippen MR) is 101 cm³/mol. The molecule has 0 atom stereocenters. The number of carbonyl (C=O) groups excluding carboxylic acids is 1. The number of benzene rings is 1. The van der Waals surface area contributed by atoms with Crippen LogP contribution < -0.4 is 10.2 Å². The zero-order valence-electron chi connectivity index (χ0n) is 15.5. The van der Waals surface area contributed by atoms with Gasteiger partial charge in [-0.25, -0.2) is 0 Å². The summed E-state index contributed by atoms with van der Waals surface area (Å²) >= 11 is 0. The molecule has 0 unspecified atom stereocenters. The minimum absolute atomic E-state index is 0.107. The molecule has 0 spiro atoms. The molecule has 0 bridgehead atoms.